The first-order chi connectivity index (χ1) is 21.0. The van der Waals surface area contributed by atoms with Crippen LogP contribution in [0, 0.1) is 0 Å². The maximum Gasteiger partial charge on any atom is 0.0436 e. The van der Waals surface area contributed by atoms with E-state index >= 15 is 0 Å². The van der Waals surface area contributed by atoms with E-state index in [1.165, 1.54) is 61.2 Å². The number of nitrogens with zero attached hydrogens (tertiary/aromatic N) is 1. The van der Waals surface area contributed by atoms with Gasteiger partial charge in [0.2, 0.25) is 0 Å². The van der Waals surface area contributed by atoms with E-state index in [-0.39, 0.29) is 5.41 Å². The van der Waals surface area contributed by atoms with Gasteiger partial charge in [-0.05, 0) is 108 Å². The number of hydrogen-bond donors (Lipinski definition) is 0. The molecule has 0 N–H and O–H groups in total. The Balaban J connectivity index is 0.000000370. The molecule has 1 heteroatoms. The molecule has 2 aliphatic carbocycles. The Labute approximate surface area is 260 Å². The van der Waals surface area contributed by atoms with Gasteiger partial charge in [0.05, 0.1) is 0 Å². The number of rotatable bonds is 6. The molecule has 1 atom stereocenters. The highest BCUT2D eigenvalue weighted by Gasteiger charge is 2.41. The Morgan fingerprint density at radius 2 is 1.42 bits per heavy atom. The van der Waals surface area contributed by atoms with Crippen molar-refractivity contribution in [1.82, 2.24) is 4.98 Å². The number of fused-ring (bicyclic) bond motifs is 4. The topological polar surface area (TPSA) is 12.9 Å². The predicted octanol–water partition coefficient (Wildman–Crippen LogP) is 11.9. The van der Waals surface area contributed by atoms with E-state index in [1.807, 2.05) is 26.2 Å². The fourth-order valence-electron chi connectivity index (χ4n) is 6.39. The highest BCUT2D eigenvalue weighted by molar-refractivity contribution is 5.94. The highest BCUT2D eigenvalue weighted by Crippen LogP contribution is 2.55. The Hall–Kier alpha value is -4.23. The summed E-state index contributed by atoms with van der Waals surface area (Å²) in [4.78, 5) is 4.27. The van der Waals surface area contributed by atoms with Crippen LogP contribution in [0.15, 0.2) is 127 Å². The zero-order valence-corrected chi connectivity index (χ0v) is 27.1. The van der Waals surface area contributed by atoms with Gasteiger partial charge in [-0.1, -0.05) is 130 Å². The van der Waals surface area contributed by atoms with Crippen LogP contribution in [-0.4, -0.2) is 4.98 Å². The zero-order chi connectivity index (χ0) is 30.8. The second-order valence-corrected chi connectivity index (χ2v) is 11.1. The summed E-state index contributed by atoms with van der Waals surface area (Å²) in [6.07, 6.45) is 20.0. The summed E-state index contributed by atoms with van der Waals surface area (Å²) in [6, 6.07) is 27.1. The molecule has 0 bridgehead atoms. The van der Waals surface area contributed by atoms with Crippen LogP contribution in [0.1, 0.15) is 89.1 Å². The van der Waals surface area contributed by atoms with Gasteiger partial charge in [0.25, 0.3) is 0 Å². The van der Waals surface area contributed by atoms with Crippen molar-refractivity contribution in [2.45, 2.75) is 73.1 Å². The quantitative estimate of drug-likeness (QED) is 0.212. The van der Waals surface area contributed by atoms with Crippen LogP contribution in [0.5, 0.6) is 0 Å². The van der Waals surface area contributed by atoms with Crippen LogP contribution in [0.25, 0.3) is 27.8 Å². The van der Waals surface area contributed by atoms with Gasteiger partial charge in [-0.15, -0.1) is 0 Å². The molecule has 1 aromatic heterocycles. The maximum absolute atomic E-state index is 4.27. The Kier molecular flexibility index (Phi) is 10.9. The lowest BCUT2D eigenvalue weighted by atomic mass is 9.74. The van der Waals surface area contributed by atoms with E-state index in [4.69, 9.17) is 0 Å². The minimum absolute atomic E-state index is 0.196. The van der Waals surface area contributed by atoms with Gasteiger partial charge >= 0.3 is 0 Å². The average molecular weight is 566 g/mol. The lowest BCUT2D eigenvalue weighted by Crippen LogP contribution is -2.22. The second kappa shape index (κ2) is 14.8. The molecule has 1 unspecified atom stereocenters. The molecule has 0 amide bonds. The van der Waals surface area contributed by atoms with E-state index in [9.17, 15) is 0 Å². The number of aromatic nitrogens is 1. The number of benzene rings is 3. The summed E-state index contributed by atoms with van der Waals surface area (Å²) in [7, 11) is 0. The Morgan fingerprint density at radius 1 is 0.767 bits per heavy atom. The highest BCUT2D eigenvalue weighted by atomic mass is 14.6. The summed E-state index contributed by atoms with van der Waals surface area (Å²) in [5.74, 6) is 0. The molecule has 0 fully saturated rings. The minimum atomic E-state index is -0.196. The van der Waals surface area contributed by atoms with Gasteiger partial charge in [-0.25, -0.2) is 0 Å². The molecule has 0 saturated carbocycles. The molecule has 4 aromatic rings. The first-order valence-electron chi connectivity index (χ1n) is 16.0. The zero-order valence-electron chi connectivity index (χ0n) is 27.1. The van der Waals surface area contributed by atoms with E-state index in [0.717, 1.165) is 19.3 Å². The van der Waals surface area contributed by atoms with Gasteiger partial charge in [-0.3, -0.25) is 4.98 Å². The molecule has 43 heavy (non-hydrogen) atoms. The molecule has 2 aliphatic rings. The molecule has 1 heterocycles. The van der Waals surface area contributed by atoms with E-state index in [0.29, 0.717) is 0 Å². The standard InChI is InChI=1S/C32H27N.C8H14.C2H6/c1-4-8-25-21(2)19-23-20-22(13-14-26(23)25)27-10-7-12-30-31(27)28-9-5-6-11-29(28)32(30,3)24-15-17-33-18-16-24;1-3-5-7-8-6-4-2;1-2/h4-18,20H,19H2,1-3H3;5-8H,3-4H2,1-2H3;1-2H3/b8-4-;7-5-,8-6-;. The summed E-state index contributed by atoms with van der Waals surface area (Å²) < 4.78 is 0. The number of allylic oxidation sites excluding steroid dienone is 8. The molecule has 0 radical (unpaired) electrons. The maximum atomic E-state index is 4.27. The minimum Gasteiger partial charge on any atom is -0.265 e. The molecule has 3 aromatic carbocycles. The predicted molar refractivity (Wildman–Crippen MR) is 188 cm³/mol. The monoisotopic (exact) mass is 565 g/mol. The molecular weight excluding hydrogens is 518 g/mol. The second-order valence-electron chi connectivity index (χ2n) is 11.1. The lowest BCUT2D eigenvalue weighted by Gasteiger charge is -2.28. The molecule has 0 aliphatic heterocycles. The number of pyridine rings is 1. The van der Waals surface area contributed by atoms with Crippen LogP contribution in [0.3, 0.4) is 0 Å². The van der Waals surface area contributed by atoms with E-state index < -0.39 is 0 Å². The van der Waals surface area contributed by atoms with Gasteiger partial charge in [0.1, 0.15) is 0 Å². The van der Waals surface area contributed by atoms with Crippen LogP contribution >= 0.6 is 0 Å². The largest absolute Gasteiger partial charge is 0.265 e. The fraction of sp³-hybridized carbons (Fsp3) is 0.262. The molecular formula is C42H47N. The normalized spacial score (nSPS) is 16.5. The van der Waals surface area contributed by atoms with Crippen molar-refractivity contribution in [2.24, 2.45) is 0 Å². The fourth-order valence-corrected chi connectivity index (χ4v) is 6.39. The van der Waals surface area contributed by atoms with E-state index in [2.05, 4.69) is 149 Å². The van der Waals surface area contributed by atoms with Gasteiger partial charge in [-0.2, -0.15) is 0 Å². The van der Waals surface area contributed by atoms with Crippen LogP contribution < -0.4 is 0 Å². The van der Waals surface area contributed by atoms with Gasteiger partial charge in [0, 0.05) is 17.8 Å². The molecule has 6 rings (SSSR count). The number of hydrogen-bond acceptors (Lipinski definition) is 1. The van der Waals surface area contributed by atoms with Crippen molar-refractivity contribution in [3.8, 4) is 22.3 Å². The van der Waals surface area contributed by atoms with Crippen molar-refractivity contribution in [1.29, 1.82) is 0 Å². The van der Waals surface area contributed by atoms with Crippen molar-refractivity contribution >= 4 is 5.57 Å². The van der Waals surface area contributed by atoms with Gasteiger partial charge < -0.3 is 0 Å². The van der Waals surface area contributed by atoms with Crippen molar-refractivity contribution in [2.75, 3.05) is 0 Å². The smallest absolute Gasteiger partial charge is 0.0436 e. The third kappa shape index (κ3) is 6.27. The van der Waals surface area contributed by atoms with Crippen molar-refractivity contribution in [3.63, 3.8) is 0 Å². The van der Waals surface area contributed by atoms with Crippen LogP contribution in [0.4, 0.5) is 0 Å². The molecule has 0 spiro atoms. The molecule has 220 valence electrons. The van der Waals surface area contributed by atoms with Crippen LogP contribution in [-0.2, 0) is 11.8 Å². The third-order valence-electron chi connectivity index (χ3n) is 8.41. The van der Waals surface area contributed by atoms with Crippen molar-refractivity contribution < 1.29 is 0 Å². The Bertz CT molecular complexity index is 1640. The summed E-state index contributed by atoms with van der Waals surface area (Å²) >= 11 is 0. The summed E-state index contributed by atoms with van der Waals surface area (Å²) in [5.41, 5.74) is 14.8. The van der Waals surface area contributed by atoms with E-state index in [1.54, 1.807) is 0 Å². The van der Waals surface area contributed by atoms with Crippen LogP contribution in [0.2, 0.25) is 0 Å². The summed E-state index contributed by atoms with van der Waals surface area (Å²) in [6.45, 7) is 15.0. The Morgan fingerprint density at radius 3 is 2.09 bits per heavy atom. The SMILES string of the molecule is C/C=C\C1=C(C)Cc2cc(-c3cccc4c3-c3ccccc3C4(C)c3ccncc3)ccc21.CC.CC/C=C\C=C/CC. The average Bonchev–Trinajstić information content (AvgIpc) is 3.52. The third-order valence-corrected chi connectivity index (χ3v) is 8.41. The lowest BCUT2D eigenvalue weighted by molar-refractivity contribution is 0.712. The first-order valence-corrected chi connectivity index (χ1v) is 16.0. The van der Waals surface area contributed by atoms with Crippen molar-refractivity contribution in [3.05, 3.63) is 155 Å². The molecule has 0 saturated heterocycles. The first kappa shape index (κ1) is 31.7. The molecule has 1 nitrogen and oxygen atoms in total. The van der Waals surface area contributed by atoms with Gasteiger partial charge in [0.15, 0.2) is 0 Å². The summed E-state index contributed by atoms with van der Waals surface area (Å²) in [5, 5.41) is 0.